The fraction of sp³-hybridized carbons (Fsp3) is 0.778. The van der Waals surface area contributed by atoms with E-state index in [0.29, 0.717) is 12.8 Å². The monoisotopic (exact) mass is 779 g/mol. The maximum atomic E-state index is 12.7. The first kappa shape index (κ1) is 50.7. The van der Waals surface area contributed by atoms with Gasteiger partial charge in [-0.1, -0.05) is 127 Å². The maximum absolute atomic E-state index is 12.7. The predicted molar refractivity (Wildman–Crippen MR) is 219 cm³/mol. The molecule has 6 atom stereocenters. The van der Waals surface area contributed by atoms with Crippen LogP contribution in [0.3, 0.4) is 0 Å². The van der Waals surface area contributed by atoms with Gasteiger partial charge in [0.05, 0.1) is 13.2 Å². The van der Waals surface area contributed by atoms with Gasteiger partial charge in [0.15, 0.2) is 12.4 Å². The van der Waals surface area contributed by atoms with Gasteiger partial charge in [-0.15, -0.1) is 0 Å². The zero-order chi connectivity index (χ0) is 40.2. The van der Waals surface area contributed by atoms with Crippen molar-refractivity contribution in [3.8, 4) is 0 Å². The number of rotatable bonds is 35. The average molecular weight is 779 g/mol. The van der Waals surface area contributed by atoms with E-state index in [4.69, 9.17) is 18.9 Å². The van der Waals surface area contributed by atoms with Crippen molar-refractivity contribution in [2.75, 3.05) is 19.8 Å². The summed E-state index contributed by atoms with van der Waals surface area (Å²) in [6.45, 7) is 3.33. The Morgan fingerprint density at radius 2 is 1.02 bits per heavy atom. The van der Waals surface area contributed by atoms with Gasteiger partial charge in [0.25, 0.3) is 0 Å². The molecule has 0 saturated carbocycles. The summed E-state index contributed by atoms with van der Waals surface area (Å²) < 4.78 is 22.1. The van der Waals surface area contributed by atoms with Crippen LogP contribution in [0.1, 0.15) is 168 Å². The molecule has 2 unspecified atom stereocenters. The molecular weight excluding hydrogens is 700 g/mol. The molecule has 10 heteroatoms. The Hall–Kier alpha value is -2.34. The number of aliphatic hydroxyl groups excluding tert-OH is 4. The molecule has 0 bridgehead atoms. The number of esters is 2. The van der Waals surface area contributed by atoms with Crippen LogP contribution in [0.2, 0.25) is 0 Å². The molecule has 10 nitrogen and oxygen atoms in total. The molecule has 0 amide bonds. The van der Waals surface area contributed by atoms with Crippen LogP contribution in [0.4, 0.5) is 0 Å². The summed E-state index contributed by atoms with van der Waals surface area (Å²) in [4.78, 5) is 25.3. The van der Waals surface area contributed by atoms with E-state index in [9.17, 15) is 30.0 Å². The number of ether oxygens (including phenoxy) is 4. The molecule has 0 aromatic carbocycles. The van der Waals surface area contributed by atoms with Crippen LogP contribution in [0.25, 0.3) is 0 Å². The van der Waals surface area contributed by atoms with Crippen LogP contribution >= 0.6 is 0 Å². The van der Waals surface area contributed by atoms with E-state index in [1.165, 1.54) is 44.9 Å². The maximum Gasteiger partial charge on any atom is 0.306 e. The third-order valence-corrected chi connectivity index (χ3v) is 9.69. The molecule has 1 rings (SSSR count). The number of hydrogen-bond donors (Lipinski definition) is 4. The Morgan fingerprint density at radius 1 is 0.564 bits per heavy atom. The Labute approximate surface area is 333 Å². The second-order valence-corrected chi connectivity index (χ2v) is 14.8. The summed E-state index contributed by atoms with van der Waals surface area (Å²) >= 11 is 0. The highest BCUT2D eigenvalue weighted by Gasteiger charge is 2.44. The summed E-state index contributed by atoms with van der Waals surface area (Å²) in [5.74, 6) is -0.842. The minimum absolute atomic E-state index is 0.209. The molecule has 1 fully saturated rings. The van der Waals surface area contributed by atoms with Gasteiger partial charge in [-0.2, -0.15) is 0 Å². The number of carbonyl (C=O) groups excluding carboxylic acids is 2. The first-order valence-corrected chi connectivity index (χ1v) is 21.7. The van der Waals surface area contributed by atoms with Gasteiger partial charge < -0.3 is 39.4 Å². The highest BCUT2D eigenvalue weighted by atomic mass is 16.7. The number of carbonyl (C=O) groups is 2. The molecule has 55 heavy (non-hydrogen) atoms. The van der Waals surface area contributed by atoms with E-state index < -0.39 is 55.4 Å². The van der Waals surface area contributed by atoms with Crippen LogP contribution in [-0.4, -0.2) is 89.0 Å². The summed E-state index contributed by atoms with van der Waals surface area (Å²) in [5.41, 5.74) is 0. The molecule has 1 aliphatic heterocycles. The predicted octanol–water partition coefficient (Wildman–Crippen LogP) is 8.88. The van der Waals surface area contributed by atoms with Crippen LogP contribution in [0, 0.1) is 0 Å². The summed E-state index contributed by atoms with van der Waals surface area (Å²) in [7, 11) is 0. The highest BCUT2D eigenvalue weighted by molar-refractivity contribution is 5.70. The Morgan fingerprint density at radius 3 is 1.51 bits per heavy atom. The van der Waals surface area contributed by atoms with Crippen molar-refractivity contribution in [3.05, 3.63) is 48.6 Å². The number of hydrogen-bond acceptors (Lipinski definition) is 10. The van der Waals surface area contributed by atoms with Crippen molar-refractivity contribution in [1.82, 2.24) is 0 Å². The van der Waals surface area contributed by atoms with E-state index >= 15 is 0 Å². The molecule has 318 valence electrons. The SMILES string of the molecule is CCCCC/C=C\C/C=C\CCCCCCCC(=O)OC[C@H](CO[C@@H]1O[C@H](CO)[C@H](O)C(O)C1O)OC(=O)CCCCCCC/C=C\C/C=C\CCCCC. The summed E-state index contributed by atoms with van der Waals surface area (Å²) in [6, 6.07) is 0. The van der Waals surface area contributed by atoms with E-state index in [2.05, 4.69) is 62.5 Å². The standard InChI is InChI=1S/C45H78O10/c1-3-5-7-9-11-13-15-17-19-21-23-25-27-29-31-33-40(47)52-36-38(37-53-45-44(51)43(50)42(49)39(35-46)55-45)54-41(48)34-32-30-28-26-24-22-20-18-16-14-12-10-8-6-4-2/h11-14,17-20,38-39,42-46,49-51H,3-10,15-16,21-37H2,1-2H3/b13-11-,14-12-,19-17-,20-18-/t38-,39-,42+,43?,44?,45-/m1/s1. The van der Waals surface area contributed by atoms with E-state index in [1.54, 1.807) is 0 Å². The minimum Gasteiger partial charge on any atom is -0.462 e. The van der Waals surface area contributed by atoms with Crippen molar-refractivity contribution >= 4 is 11.9 Å². The number of aliphatic hydroxyl groups is 4. The normalized spacial score (nSPS) is 21.0. The molecule has 0 radical (unpaired) electrons. The van der Waals surface area contributed by atoms with Crippen LogP contribution in [-0.2, 0) is 28.5 Å². The molecule has 1 heterocycles. The number of allylic oxidation sites excluding steroid dienone is 8. The Balaban J connectivity index is 2.38. The van der Waals surface area contributed by atoms with Gasteiger partial charge in [0.2, 0.25) is 0 Å². The Kier molecular flexibility index (Phi) is 33.2. The Bertz CT molecular complexity index is 1040. The lowest BCUT2D eigenvalue weighted by Gasteiger charge is -2.39. The van der Waals surface area contributed by atoms with E-state index in [1.807, 2.05) is 0 Å². The van der Waals surface area contributed by atoms with Gasteiger partial charge in [0.1, 0.15) is 31.0 Å². The van der Waals surface area contributed by atoms with Gasteiger partial charge in [-0.05, 0) is 77.0 Å². The molecule has 0 aromatic heterocycles. The van der Waals surface area contributed by atoms with Gasteiger partial charge in [-0.25, -0.2) is 0 Å². The first-order chi connectivity index (χ1) is 26.8. The molecule has 1 aliphatic rings. The average Bonchev–Trinajstić information content (AvgIpc) is 3.18. The van der Waals surface area contributed by atoms with Crippen molar-refractivity contribution in [3.63, 3.8) is 0 Å². The fourth-order valence-electron chi connectivity index (χ4n) is 6.19. The van der Waals surface area contributed by atoms with E-state index in [0.717, 1.165) is 83.5 Å². The second-order valence-electron chi connectivity index (χ2n) is 14.8. The van der Waals surface area contributed by atoms with Crippen LogP contribution in [0.5, 0.6) is 0 Å². The smallest absolute Gasteiger partial charge is 0.306 e. The zero-order valence-corrected chi connectivity index (χ0v) is 34.4. The lowest BCUT2D eigenvalue weighted by molar-refractivity contribution is -0.305. The van der Waals surface area contributed by atoms with Gasteiger partial charge >= 0.3 is 11.9 Å². The van der Waals surface area contributed by atoms with Crippen LogP contribution < -0.4 is 0 Å². The topological polar surface area (TPSA) is 152 Å². The third kappa shape index (κ3) is 27.8. The van der Waals surface area contributed by atoms with Crippen molar-refractivity contribution in [1.29, 1.82) is 0 Å². The minimum atomic E-state index is -1.60. The van der Waals surface area contributed by atoms with Crippen LogP contribution in [0.15, 0.2) is 48.6 Å². The van der Waals surface area contributed by atoms with Crippen molar-refractivity contribution in [2.45, 2.75) is 205 Å². The van der Waals surface area contributed by atoms with E-state index in [-0.39, 0.29) is 26.1 Å². The first-order valence-electron chi connectivity index (χ1n) is 21.7. The molecule has 0 aromatic rings. The fourth-order valence-corrected chi connectivity index (χ4v) is 6.19. The largest absolute Gasteiger partial charge is 0.462 e. The molecule has 4 N–H and O–H groups in total. The zero-order valence-electron chi connectivity index (χ0n) is 34.4. The van der Waals surface area contributed by atoms with Gasteiger partial charge in [0, 0.05) is 12.8 Å². The number of unbranched alkanes of at least 4 members (excludes halogenated alkanes) is 16. The molecule has 1 saturated heterocycles. The molecule has 0 aliphatic carbocycles. The highest BCUT2D eigenvalue weighted by Crippen LogP contribution is 2.22. The lowest BCUT2D eigenvalue weighted by Crippen LogP contribution is -2.59. The third-order valence-electron chi connectivity index (χ3n) is 9.69. The quantitative estimate of drug-likeness (QED) is 0.0279. The summed E-state index contributed by atoms with van der Waals surface area (Å²) in [6.07, 6.45) is 33.9. The second kappa shape index (κ2) is 36.0. The van der Waals surface area contributed by atoms with Crippen molar-refractivity contribution < 1.29 is 49.0 Å². The van der Waals surface area contributed by atoms with Gasteiger partial charge in [-0.3, -0.25) is 9.59 Å². The summed E-state index contributed by atoms with van der Waals surface area (Å²) in [5, 5.41) is 40.0. The van der Waals surface area contributed by atoms with Crippen molar-refractivity contribution in [2.24, 2.45) is 0 Å². The molecule has 0 spiro atoms. The lowest BCUT2D eigenvalue weighted by atomic mass is 9.99. The molecular formula is C45H78O10.